The van der Waals surface area contributed by atoms with E-state index in [0.29, 0.717) is 11.5 Å². The zero-order chi connectivity index (χ0) is 13.6. The fraction of sp³-hybridized carbons (Fsp3) is 1.00. The molecule has 0 radical (unpaired) electrons. The molecule has 0 aromatic rings. The summed E-state index contributed by atoms with van der Waals surface area (Å²) in [6, 6.07) is 1.39. The highest BCUT2D eigenvalue weighted by Gasteiger charge is 2.28. The van der Waals surface area contributed by atoms with Gasteiger partial charge in [-0.15, -0.1) is 0 Å². The van der Waals surface area contributed by atoms with Crippen molar-refractivity contribution in [3.63, 3.8) is 0 Å². The lowest BCUT2D eigenvalue weighted by Gasteiger charge is -2.39. The summed E-state index contributed by atoms with van der Waals surface area (Å²) in [7, 11) is 2.29. The Morgan fingerprint density at radius 3 is 2.67 bits per heavy atom. The second-order valence-electron chi connectivity index (χ2n) is 6.78. The molecule has 0 aromatic heterocycles. The van der Waals surface area contributed by atoms with E-state index in [1.165, 1.54) is 37.3 Å². The SMILES string of the molecule is CCCNC(CCC(C)(C)C)C1CSCCN1C. The molecular formula is C15H32N2S. The molecule has 2 nitrogen and oxygen atoms in total. The zero-order valence-corrected chi connectivity index (χ0v) is 13.8. The standard InChI is InChI=1S/C15H32N2S/c1-6-9-16-13(7-8-15(2,3)4)14-12-18-11-10-17(14)5/h13-14,16H,6-12H2,1-5H3. The maximum atomic E-state index is 3.79. The average Bonchev–Trinajstić information content (AvgIpc) is 2.29. The number of hydrogen-bond donors (Lipinski definition) is 1. The number of nitrogens with one attached hydrogen (secondary N) is 1. The van der Waals surface area contributed by atoms with Gasteiger partial charge in [-0.3, -0.25) is 0 Å². The fourth-order valence-electron chi connectivity index (χ4n) is 2.48. The van der Waals surface area contributed by atoms with Crippen LogP contribution in [0.2, 0.25) is 0 Å². The molecule has 1 N–H and O–H groups in total. The van der Waals surface area contributed by atoms with Gasteiger partial charge in [-0.05, 0) is 38.3 Å². The summed E-state index contributed by atoms with van der Waals surface area (Å²) in [5.74, 6) is 2.59. The van der Waals surface area contributed by atoms with E-state index in [2.05, 4.69) is 56.7 Å². The van der Waals surface area contributed by atoms with Crippen molar-refractivity contribution in [2.75, 3.05) is 31.6 Å². The van der Waals surface area contributed by atoms with Crippen LogP contribution in [0.1, 0.15) is 47.0 Å². The van der Waals surface area contributed by atoms with E-state index in [0.717, 1.165) is 12.6 Å². The molecule has 2 unspecified atom stereocenters. The Morgan fingerprint density at radius 1 is 1.39 bits per heavy atom. The van der Waals surface area contributed by atoms with Crippen LogP contribution in [-0.4, -0.2) is 48.6 Å². The molecule has 0 spiro atoms. The van der Waals surface area contributed by atoms with Gasteiger partial charge in [0.2, 0.25) is 0 Å². The summed E-state index contributed by atoms with van der Waals surface area (Å²) in [5.41, 5.74) is 0.451. The predicted octanol–water partition coefficient (Wildman–Crippen LogP) is 3.23. The maximum absolute atomic E-state index is 3.79. The van der Waals surface area contributed by atoms with Gasteiger partial charge >= 0.3 is 0 Å². The van der Waals surface area contributed by atoms with Crippen molar-refractivity contribution in [2.24, 2.45) is 5.41 Å². The van der Waals surface area contributed by atoms with Gasteiger partial charge in [0.25, 0.3) is 0 Å². The van der Waals surface area contributed by atoms with Crippen LogP contribution in [-0.2, 0) is 0 Å². The van der Waals surface area contributed by atoms with Crippen LogP contribution in [0.15, 0.2) is 0 Å². The third-order valence-electron chi connectivity index (χ3n) is 3.77. The van der Waals surface area contributed by atoms with E-state index >= 15 is 0 Å². The molecule has 1 rings (SSSR count). The zero-order valence-electron chi connectivity index (χ0n) is 13.0. The van der Waals surface area contributed by atoms with Crippen LogP contribution in [0.25, 0.3) is 0 Å². The van der Waals surface area contributed by atoms with Crippen LogP contribution in [0, 0.1) is 5.41 Å². The van der Waals surface area contributed by atoms with Crippen molar-refractivity contribution in [1.82, 2.24) is 10.2 Å². The molecule has 0 saturated carbocycles. The van der Waals surface area contributed by atoms with Gasteiger partial charge in [-0.25, -0.2) is 0 Å². The molecule has 1 aliphatic rings. The highest BCUT2D eigenvalue weighted by Crippen LogP contribution is 2.25. The lowest BCUT2D eigenvalue weighted by molar-refractivity contribution is 0.194. The summed E-state index contributed by atoms with van der Waals surface area (Å²) in [6.45, 7) is 11.7. The number of thioether (sulfide) groups is 1. The van der Waals surface area contributed by atoms with Crippen molar-refractivity contribution in [2.45, 2.75) is 59.0 Å². The van der Waals surface area contributed by atoms with Crippen LogP contribution >= 0.6 is 11.8 Å². The quantitative estimate of drug-likeness (QED) is 0.799. The van der Waals surface area contributed by atoms with Crippen molar-refractivity contribution >= 4 is 11.8 Å². The Labute approximate surface area is 118 Å². The van der Waals surface area contributed by atoms with Crippen molar-refractivity contribution in [3.8, 4) is 0 Å². The Morgan fingerprint density at radius 2 is 2.11 bits per heavy atom. The lowest BCUT2D eigenvalue weighted by atomic mass is 9.87. The summed E-state index contributed by atoms with van der Waals surface area (Å²) in [4.78, 5) is 2.56. The maximum Gasteiger partial charge on any atom is 0.0337 e. The first-order chi connectivity index (χ1) is 8.44. The number of rotatable bonds is 6. The number of hydrogen-bond acceptors (Lipinski definition) is 3. The molecular weight excluding hydrogens is 240 g/mol. The summed E-state index contributed by atoms with van der Waals surface area (Å²) in [6.07, 6.45) is 3.85. The molecule has 3 heteroatoms. The monoisotopic (exact) mass is 272 g/mol. The Bertz CT molecular complexity index is 225. The van der Waals surface area contributed by atoms with Gasteiger partial charge < -0.3 is 10.2 Å². The third kappa shape index (κ3) is 5.94. The molecule has 1 saturated heterocycles. The van der Waals surface area contributed by atoms with Gasteiger partial charge in [0.1, 0.15) is 0 Å². The minimum atomic E-state index is 0.451. The molecule has 18 heavy (non-hydrogen) atoms. The van der Waals surface area contributed by atoms with E-state index in [4.69, 9.17) is 0 Å². The normalized spacial score (nSPS) is 24.2. The minimum Gasteiger partial charge on any atom is -0.312 e. The fourth-order valence-corrected chi connectivity index (χ4v) is 3.79. The van der Waals surface area contributed by atoms with E-state index in [1.54, 1.807) is 0 Å². The lowest BCUT2D eigenvalue weighted by Crippen LogP contribution is -2.53. The van der Waals surface area contributed by atoms with Crippen molar-refractivity contribution in [1.29, 1.82) is 0 Å². The van der Waals surface area contributed by atoms with E-state index in [9.17, 15) is 0 Å². The molecule has 1 aliphatic heterocycles. The molecule has 0 amide bonds. The highest BCUT2D eigenvalue weighted by molar-refractivity contribution is 7.99. The van der Waals surface area contributed by atoms with Crippen molar-refractivity contribution in [3.05, 3.63) is 0 Å². The summed E-state index contributed by atoms with van der Waals surface area (Å²) in [5, 5.41) is 3.79. The molecule has 108 valence electrons. The Kier molecular flexibility index (Phi) is 7.04. The van der Waals surface area contributed by atoms with Gasteiger partial charge in [-0.1, -0.05) is 27.7 Å². The number of nitrogens with zero attached hydrogens (tertiary/aromatic N) is 1. The van der Waals surface area contributed by atoms with Crippen LogP contribution in [0.5, 0.6) is 0 Å². The van der Waals surface area contributed by atoms with Crippen LogP contribution < -0.4 is 5.32 Å². The molecule has 0 bridgehead atoms. The smallest absolute Gasteiger partial charge is 0.0337 e. The second-order valence-corrected chi connectivity index (χ2v) is 7.93. The highest BCUT2D eigenvalue weighted by atomic mass is 32.2. The number of likely N-dealkylation sites (N-methyl/N-ethyl adjacent to an activating group) is 1. The van der Waals surface area contributed by atoms with E-state index in [1.807, 2.05) is 0 Å². The molecule has 2 atom stereocenters. The van der Waals surface area contributed by atoms with Gasteiger partial charge in [0, 0.05) is 30.1 Å². The summed E-state index contributed by atoms with van der Waals surface area (Å²) >= 11 is 2.12. The first-order valence-electron chi connectivity index (χ1n) is 7.45. The second kappa shape index (κ2) is 7.76. The molecule has 1 heterocycles. The first-order valence-corrected chi connectivity index (χ1v) is 8.61. The molecule has 0 aromatic carbocycles. The van der Waals surface area contributed by atoms with Gasteiger partial charge in [0.05, 0.1) is 0 Å². The topological polar surface area (TPSA) is 15.3 Å². The third-order valence-corrected chi connectivity index (χ3v) is 4.82. The van der Waals surface area contributed by atoms with Gasteiger partial charge in [0.15, 0.2) is 0 Å². The van der Waals surface area contributed by atoms with Crippen molar-refractivity contribution < 1.29 is 0 Å². The first kappa shape index (κ1) is 16.3. The Hall–Kier alpha value is 0.270. The van der Waals surface area contributed by atoms with E-state index < -0.39 is 0 Å². The largest absolute Gasteiger partial charge is 0.312 e. The minimum absolute atomic E-state index is 0.451. The summed E-state index contributed by atoms with van der Waals surface area (Å²) < 4.78 is 0. The molecule has 0 aliphatic carbocycles. The van der Waals surface area contributed by atoms with Gasteiger partial charge in [-0.2, -0.15) is 11.8 Å². The van der Waals surface area contributed by atoms with E-state index in [-0.39, 0.29) is 0 Å². The Balaban J connectivity index is 2.52. The van der Waals surface area contributed by atoms with Crippen LogP contribution in [0.3, 0.4) is 0 Å². The average molecular weight is 273 g/mol. The predicted molar refractivity (Wildman–Crippen MR) is 84.5 cm³/mol. The van der Waals surface area contributed by atoms with Crippen LogP contribution in [0.4, 0.5) is 0 Å². The molecule has 1 fully saturated rings.